The quantitative estimate of drug-likeness (QED) is 0.716. The molecule has 0 aliphatic rings. The van der Waals surface area contributed by atoms with E-state index in [2.05, 4.69) is 31.2 Å². The molecule has 2 N–H and O–H groups in total. The number of anilines is 1. The van der Waals surface area contributed by atoms with Gasteiger partial charge in [0.1, 0.15) is 12.1 Å². The molecular formula is C18H18BrN3O. The van der Waals surface area contributed by atoms with Gasteiger partial charge in [-0.25, -0.2) is 9.97 Å². The average Bonchev–Trinajstić information content (AvgIpc) is 2.56. The molecule has 0 saturated heterocycles. The highest BCUT2D eigenvalue weighted by Crippen LogP contribution is 2.24. The minimum Gasteiger partial charge on any atom is -0.391 e. The Morgan fingerprint density at radius 1 is 1.13 bits per heavy atom. The van der Waals surface area contributed by atoms with Crippen LogP contribution < -0.4 is 5.32 Å². The maximum atomic E-state index is 10.4. The summed E-state index contributed by atoms with van der Waals surface area (Å²) in [5.74, 6) is 0.732. The maximum absolute atomic E-state index is 10.4. The van der Waals surface area contributed by atoms with Crippen molar-refractivity contribution in [3.63, 3.8) is 0 Å². The van der Waals surface area contributed by atoms with Gasteiger partial charge in [0, 0.05) is 16.3 Å². The second-order valence-corrected chi connectivity index (χ2v) is 6.49. The lowest BCUT2D eigenvalue weighted by Gasteiger charge is -2.21. The van der Waals surface area contributed by atoms with Gasteiger partial charge in [-0.05, 0) is 30.7 Å². The van der Waals surface area contributed by atoms with Gasteiger partial charge in [0.15, 0.2) is 0 Å². The fourth-order valence-corrected chi connectivity index (χ4v) is 2.85. The standard InChI is InChI=1S/C18H18BrN3O/c1-12(17(23)9-13-5-3-2-4-6-13)22-18-15-10-14(19)7-8-16(15)20-11-21-18/h2-8,10-12,17,23H,9H2,1H3,(H,20,21,22). The third kappa shape index (κ3) is 3.86. The smallest absolute Gasteiger partial charge is 0.137 e. The SMILES string of the molecule is CC(Nc1ncnc2ccc(Br)cc12)C(O)Cc1ccccc1. The monoisotopic (exact) mass is 371 g/mol. The fraction of sp³-hybridized carbons (Fsp3) is 0.222. The van der Waals surface area contributed by atoms with E-state index in [4.69, 9.17) is 0 Å². The molecule has 5 heteroatoms. The van der Waals surface area contributed by atoms with Crippen LogP contribution in [0.15, 0.2) is 59.3 Å². The summed E-state index contributed by atoms with van der Waals surface area (Å²) in [6.07, 6.45) is 1.63. The van der Waals surface area contributed by atoms with Gasteiger partial charge in [-0.2, -0.15) is 0 Å². The Morgan fingerprint density at radius 2 is 1.91 bits per heavy atom. The van der Waals surface area contributed by atoms with Crippen LogP contribution in [0.25, 0.3) is 10.9 Å². The highest BCUT2D eigenvalue weighted by molar-refractivity contribution is 9.10. The maximum Gasteiger partial charge on any atom is 0.137 e. The summed E-state index contributed by atoms with van der Waals surface area (Å²) in [5.41, 5.74) is 1.99. The Labute approximate surface area is 143 Å². The first-order valence-corrected chi connectivity index (χ1v) is 8.31. The molecule has 1 heterocycles. The number of nitrogens with one attached hydrogen (secondary N) is 1. The highest BCUT2D eigenvalue weighted by atomic mass is 79.9. The van der Waals surface area contributed by atoms with Crippen LogP contribution in [0.2, 0.25) is 0 Å². The molecule has 23 heavy (non-hydrogen) atoms. The molecule has 0 fully saturated rings. The summed E-state index contributed by atoms with van der Waals surface area (Å²) in [6, 6.07) is 15.7. The van der Waals surface area contributed by atoms with Crippen molar-refractivity contribution >= 4 is 32.7 Å². The molecule has 0 radical (unpaired) electrons. The number of benzene rings is 2. The molecule has 0 bridgehead atoms. The first kappa shape index (κ1) is 15.9. The van der Waals surface area contributed by atoms with Crippen LogP contribution in [0.1, 0.15) is 12.5 Å². The Balaban J connectivity index is 1.77. The molecule has 0 aliphatic heterocycles. The number of hydrogen-bond acceptors (Lipinski definition) is 4. The fourth-order valence-electron chi connectivity index (χ4n) is 2.49. The molecule has 4 nitrogen and oxygen atoms in total. The van der Waals surface area contributed by atoms with Crippen LogP contribution in [0.3, 0.4) is 0 Å². The van der Waals surface area contributed by atoms with Gasteiger partial charge < -0.3 is 10.4 Å². The van der Waals surface area contributed by atoms with Crippen molar-refractivity contribution in [3.8, 4) is 0 Å². The molecule has 3 aromatic rings. The Hall–Kier alpha value is -1.98. The average molecular weight is 372 g/mol. The molecule has 0 amide bonds. The van der Waals surface area contributed by atoms with E-state index in [1.165, 1.54) is 6.33 Å². The van der Waals surface area contributed by atoms with Crippen molar-refractivity contribution in [2.75, 3.05) is 5.32 Å². The van der Waals surface area contributed by atoms with E-state index in [1.54, 1.807) is 0 Å². The van der Waals surface area contributed by atoms with Gasteiger partial charge in [-0.3, -0.25) is 0 Å². The van der Waals surface area contributed by atoms with Crippen molar-refractivity contribution in [3.05, 3.63) is 64.9 Å². The van der Waals surface area contributed by atoms with Crippen LogP contribution in [-0.2, 0) is 6.42 Å². The number of nitrogens with zero attached hydrogens (tertiary/aromatic N) is 2. The first-order chi connectivity index (χ1) is 11.1. The molecule has 0 saturated carbocycles. The summed E-state index contributed by atoms with van der Waals surface area (Å²) in [7, 11) is 0. The lowest BCUT2D eigenvalue weighted by molar-refractivity contribution is 0.158. The Kier molecular flexibility index (Phi) is 4.88. The highest BCUT2D eigenvalue weighted by Gasteiger charge is 2.16. The zero-order chi connectivity index (χ0) is 16.2. The summed E-state index contributed by atoms with van der Waals surface area (Å²) >= 11 is 3.47. The van der Waals surface area contributed by atoms with E-state index >= 15 is 0 Å². The van der Waals surface area contributed by atoms with Crippen molar-refractivity contribution in [1.82, 2.24) is 9.97 Å². The van der Waals surface area contributed by atoms with E-state index in [0.717, 1.165) is 26.8 Å². The van der Waals surface area contributed by atoms with Gasteiger partial charge in [0.2, 0.25) is 0 Å². The van der Waals surface area contributed by atoms with Crippen LogP contribution in [-0.4, -0.2) is 27.2 Å². The van der Waals surface area contributed by atoms with Gasteiger partial charge in [0.05, 0.1) is 17.7 Å². The predicted octanol–water partition coefficient (Wildman–Crippen LogP) is 3.80. The van der Waals surface area contributed by atoms with Crippen LogP contribution in [0.5, 0.6) is 0 Å². The summed E-state index contributed by atoms with van der Waals surface area (Å²) in [5, 5.41) is 14.7. The molecule has 1 aromatic heterocycles. The summed E-state index contributed by atoms with van der Waals surface area (Å²) < 4.78 is 0.973. The van der Waals surface area contributed by atoms with Crippen LogP contribution in [0.4, 0.5) is 5.82 Å². The molecule has 2 atom stereocenters. The van der Waals surface area contributed by atoms with Crippen molar-refractivity contribution < 1.29 is 5.11 Å². The topological polar surface area (TPSA) is 58.0 Å². The van der Waals surface area contributed by atoms with E-state index in [9.17, 15) is 5.11 Å². The number of rotatable bonds is 5. The molecule has 2 unspecified atom stereocenters. The normalized spacial score (nSPS) is 13.7. The molecule has 118 valence electrons. The summed E-state index contributed by atoms with van der Waals surface area (Å²) in [4.78, 5) is 8.59. The van der Waals surface area contributed by atoms with E-state index in [-0.39, 0.29) is 6.04 Å². The molecule has 0 spiro atoms. The zero-order valence-corrected chi connectivity index (χ0v) is 14.4. The third-order valence-electron chi connectivity index (χ3n) is 3.83. The van der Waals surface area contributed by atoms with Crippen molar-refractivity contribution in [1.29, 1.82) is 0 Å². The number of aliphatic hydroxyl groups excluding tert-OH is 1. The predicted molar refractivity (Wildman–Crippen MR) is 96.5 cm³/mol. The lowest BCUT2D eigenvalue weighted by atomic mass is 10.0. The first-order valence-electron chi connectivity index (χ1n) is 7.52. The minimum absolute atomic E-state index is 0.132. The molecule has 3 rings (SSSR count). The number of aliphatic hydroxyl groups is 1. The summed E-state index contributed by atoms with van der Waals surface area (Å²) in [6.45, 7) is 1.96. The van der Waals surface area contributed by atoms with Gasteiger partial charge in [0.25, 0.3) is 0 Å². The van der Waals surface area contributed by atoms with Crippen LogP contribution in [0, 0.1) is 0 Å². The largest absolute Gasteiger partial charge is 0.391 e. The Morgan fingerprint density at radius 3 is 2.70 bits per heavy atom. The van der Waals surface area contributed by atoms with E-state index < -0.39 is 6.10 Å². The molecular weight excluding hydrogens is 354 g/mol. The van der Waals surface area contributed by atoms with Gasteiger partial charge in [-0.1, -0.05) is 46.3 Å². The zero-order valence-electron chi connectivity index (χ0n) is 12.8. The van der Waals surface area contributed by atoms with E-state index in [0.29, 0.717) is 6.42 Å². The minimum atomic E-state index is -0.505. The van der Waals surface area contributed by atoms with Crippen molar-refractivity contribution in [2.45, 2.75) is 25.5 Å². The molecule has 0 aliphatic carbocycles. The third-order valence-corrected chi connectivity index (χ3v) is 4.32. The van der Waals surface area contributed by atoms with Gasteiger partial charge in [-0.15, -0.1) is 0 Å². The Bertz CT molecular complexity index is 795. The number of hydrogen-bond donors (Lipinski definition) is 2. The van der Waals surface area contributed by atoms with E-state index in [1.807, 2.05) is 55.5 Å². The lowest BCUT2D eigenvalue weighted by Crippen LogP contribution is -2.32. The van der Waals surface area contributed by atoms with Crippen LogP contribution >= 0.6 is 15.9 Å². The van der Waals surface area contributed by atoms with Gasteiger partial charge >= 0.3 is 0 Å². The number of fused-ring (bicyclic) bond motifs is 1. The molecule has 2 aromatic carbocycles. The second kappa shape index (κ2) is 7.06. The number of aromatic nitrogens is 2. The second-order valence-electron chi connectivity index (χ2n) is 5.57. The van der Waals surface area contributed by atoms with Crippen molar-refractivity contribution in [2.24, 2.45) is 0 Å². The number of halogens is 1.